The molecule has 5 heteroatoms. The highest BCUT2D eigenvalue weighted by atomic mass is 16.2. The summed E-state index contributed by atoms with van der Waals surface area (Å²) >= 11 is 0. The Labute approximate surface area is 235 Å². The minimum Gasteiger partial charge on any atom is -0.331 e. The quantitative estimate of drug-likeness (QED) is 0.167. The van der Waals surface area contributed by atoms with E-state index in [1.54, 1.807) is 0 Å². The first kappa shape index (κ1) is 30.1. The van der Waals surface area contributed by atoms with Crippen molar-refractivity contribution in [3.05, 3.63) is 94.5 Å². The summed E-state index contributed by atoms with van der Waals surface area (Å²) in [7, 11) is 6.76. The molecule has 2 amide bonds. The molecule has 2 N–H and O–H groups in total. The number of anilines is 2. The van der Waals surface area contributed by atoms with E-state index in [4.69, 9.17) is 0 Å². The van der Waals surface area contributed by atoms with E-state index < -0.39 is 0 Å². The van der Waals surface area contributed by atoms with Gasteiger partial charge in [0.1, 0.15) is 0 Å². The van der Waals surface area contributed by atoms with Gasteiger partial charge in [0.25, 0.3) is 11.8 Å². The molecule has 0 aliphatic carbocycles. The van der Waals surface area contributed by atoms with Crippen molar-refractivity contribution in [1.29, 1.82) is 0 Å². The average Bonchev–Trinajstić information content (AvgIpc) is 2.91. The maximum atomic E-state index is 12.8. The zero-order valence-corrected chi connectivity index (χ0v) is 24.5. The van der Waals surface area contributed by atoms with Crippen LogP contribution in [0.5, 0.6) is 0 Å². The van der Waals surface area contributed by atoms with Gasteiger partial charge < -0.3 is 15.1 Å². The number of hydrogen-bond acceptors (Lipinski definition) is 2. The number of amides is 2. The number of aryl methyl sites for hydroxylation is 3. The lowest BCUT2D eigenvalue weighted by atomic mass is 10.0. The molecule has 208 valence electrons. The van der Waals surface area contributed by atoms with Crippen molar-refractivity contribution in [1.82, 2.24) is 0 Å². The number of rotatable bonds is 14. The van der Waals surface area contributed by atoms with Crippen molar-refractivity contribution in [3.63, 3.8) is 0 Å². The molecule has 0 spiro atoms. The summed E-state index contributed by atoms with van der Waals surface area (Å²) < 4.78 is 1.05. The number of nitrogens with zero attached hydrogens (tertiary/aromatic N) is 1. The van der Waals surface area contributed by atoms with Gasteiger partial charge in [0.15, 0.2) is 0 Å². The Morgan fingerprint density at radius 2 is 1.21 bits per heavy atom. The third-order valence-corrected chi connectivity index (χ3v) is 7.12. The molecule has 0 aliphatic rings. The van der Waals surface area contributed by atoms with Crippen LogP contribution in [-0.4, -0.2) is 44.0 Å². The van der Waals surface area contributed by atoms with Crippen LogP contribution in [-0.2, 0) is 12.8 Å². The Kier molecular flexibility index (Phi) is 11.3. The maximum Gasteiger partial charge on any atom is 0.255 e. The van der Waals surface area contributed by atoms with Gasteiger partial charge in [0, 0.05) is 22.5 Å². The van der Waals surface area contributed by atoms with Gasteiger partial charge in [-0.15, -0.1) is 0 Å². The lowest BCUT2D eigenvalue weighted by Gasteiger charge is -2.23. The van der Waals surface area contributed by atoms with Crippen LogP contribution >= 0.6 is 0 Å². The van der Waals surface area contributed by atoms with Crippen LogP contribution < -0.4 is 10.6 Å². The standard InChI is InChI=1S/C34H45N3O2/c1-6-27-14-18-30(19-15-27)34(39)36-32-23-22-31(25-26(32)2)35-33(38)29-20-16-28(17-21-29)13-11-9-7-8-10-12-24-37(3,4)5/h14-23,25H,6-13,24H2,1-5H3,(H-,35,36,38,39)/p+1. The zero-order chi connectivity index (χ0) is 28.3. The highest BCUT2D eigenvalue weighted by molar-refractivity contribution is 6.06. The molecule has 0 aromatic heterocycles. The lowest BCUT2D eigenvalue weighted by molar-refractivity contribution is -0.870. The first-order valence-corrected chi connectivity index (χ1v) is 14.4. The number of hydrogen-bond donors (Lipinski definition) is 2. The summed E-state index contributed by atoms with van der Waals surface area (Å²) in [6, 6.07) is 21.1. The number of carbonyl (C=O) groups excluding carboxylic acids is 2. The van der Waals surface area contributed by atoms with Crippen molar-refractivity contribution in [2.45, 2.75) is 65.2 Å². The minimum absolute atomic E-state index is 0.136. The average molecular weight is 529 g/mol. The number of benzene rings is 3. The van der Waals surface area contributed by atoms with Crippen molar-refractivity contribution in [2.24, 2.45) is 0 Å². The predicted octanol–water partition coefficient (Wildman–Crippen LogP) is 7.65. The van der Waals surface area contributed by atoms with Crippen molar-refractivity contribution >= 4 is 23.2 Å². The van der Waals surface area contributed by atoms with E-state index in [0.717, 1.165) is 28.6 Å². The largest absolute Gasteiger partial charge is 0.331 e. The Bertz CT molecular complexity index is 1210. The molecule has 0 bridgehead atoms. The van der Waals surface area contributed by atoms with Gasteiger partial charge in [-0.3, -0.25) is 9.59 Å². The topological polar surface area (TPSA) is 58.2 Å². The molecule has 0 fully saturated rings. The normalized spacial score (nSPS) is 11.3. The Morgan fingerprint density at radius 3 is 1.77 bits per heavy atom. The second-order valence-corrected chi connectivity index (χ2v) is 11.6. The van der Waals surface area contributed by atoms with E-state index >= 15 is 0 Å². The van der Waals surface area contributed by atoms with Crippen LogP contribution in [0, 0.1) is 6.92 Å². The van der Waals surface area contributed by atoms with Crippen LogP contribution in [0.15, 0.2) is 66.7 Å². The summed E-state index contributed by atoms with van der Waals surface area (Å²) in [4.78, 5) is 25.4. The molecule has 0 radical (unpaired) electrons. The first-order valence-electron chi connectivity index (χ1n) is 14.4. The highest BCUT2D eigenvalue weighted by Gasteiger charge is 2.11. The molecule has 0 heterocycles. The minimum atomic E-state index is -0.145. The van der Waals surface area contributed by atoms with E-state index in [0.29, 0.717) is 16.8 Å². The number of carbonyl (C=O) groups is 2. The van der Waals surface area contributed by atoms with Gasteiger partial charge in [-0.2, -0.15) is 0 Å². The third kappa shape index (κ3) is 10.3. The molecule has 0 unspecified atom stereocenters. The van der Waals surface area contributed by atoms with Gasteiger partial charge in [0.2, 0.25) is 0 Å². The highest BCUT2D eigenvalue weighted by Crippen LogP contribution is 2.22. The SMILES string of the molecule is CCc1ccc(C(=O)Nc2ccc(NC(=O)c3ccc(CCCCCCCC[N+](C)(C)C)cc3)cc2C)cc1. The molecule has 0 aliphatic heterocycles. The number of unbranched alkanes of at least 4 members (excludes halogenated alkanes) is 5. The Balaban J connectivity index is 1.42. The first-order chi connectivity index (χ1) is 18.6. The van der Waals surface area contributed by atoms with Crippen LogP contribution in [0.1, 0.15) is 82.9 Å². The van der Waals surface area contributed by atoms with Crippen LogP contribution in [0.2, 0.25) is 0 Å². The molecule has 5 nitrogen and oxygen atoms in total. The van der Waals surface area contributed by atoms with Crippen molar-refractivity contribution in [2.75, 3.05) is 38.3 Å². The van der Waals surface area contributed by atoms with Gasteiger partial charge in [-0.25, -0.2) is 0 Å². The molecular formula is C34H46N3O2+. The monoisotopic (exact) mass is 528 g/mol. The number of quaternary nitrogens is 1. The summed E-state index contributed by atoms with van der Waals surface area (Å²) in [6.45, 7) is 5.26. The fourth-order valence-electron chi connectivity index (χ4n) is 4.62. The van der Waals surface area contributed by atoms with E-state index in [1.807, 2.05) is 61.5 Å². The third-order valence-electron chi connectivity index (χ3n) is 7.12. The molecule has 3 aromatic rings. The van der Waals surface area contributed by atoms with Gasteiger partial charge in [-0.05, 0) is 98.2 Å². The number of nitrogens with one attached hydrogen (secondary N) is 2. The van der Waals surface area contributed by atoms with Gasteiger partial charge in [-0.1, -0.05) is 50.5 Å². The van der Waals surface area contributed by atoms with Crippen LogP contribution in [0.25, 0.3) is 0 Å². The molecule has 0 atom stereocenters. The summed E-state index contributed by atoms with van der Waals surface area (Å²) in [5.41, 5.74) is 6.05. The van der Waals surface area contributed by atoms with Crippen molar-refractivity contribution < 1.29 is 14.1 Å². The zero-order valence-electron chi connectivity index (χ0n) is 24.5. The van der Waals surface area contributed by atoms with Crippen LogP contribution in [0.3, 0.4) is 0 Å². The predicted molar refractivity (Wildman–Crippen MR) is 164 cm³/mol. The molecule has 3 aromatic carbocycles. The van der Waals surface area contributed by atoms with Crippen LogP contribution in [0.4, 0.5) is 11.4 Å². The smallest absolute Gasteiger partial charge is 0.255 e. The summed E-state index contributed by atoms with van der Waals surface area (Å²) in [5, 5.41) is 5.95. The van der Waals surface area contributed by atoms with E-state index in [9.17, 15) is 9.59 Å². The van der Waals surface area contributed by atoms with Gasteiger partial charge in [0.05, 0.1) is 27.7 Å². The Morgan fingerprint density at radius 1 is 0.667 bits per heavy atom. The second-order valence-electron chi connectivity index (χ2n) is 11.6. The van der Waals surface area contributed by atoms with E-state index in [-0.39, 0.29) is 11.8 Å². The molecule has 0 saturated carbocycles. The lowest BCUT2D eigenvalue weighted by Crippen LogP contribution is -2.35. The van der Waals surface area contributed by atoms with E-state index in [2.05, 4.69) is 50.8 Å². The molecule has 3 rings (SSSR count). The van der Waals surface area contributed by atoms with Crippen molar-refractivity contribution in [3.8, 4) is 0 Å². The summed E-state index contributed by atoms with van der Waals surface area (Å²) in [6.07, 6.45) is 9.68. The second kappa shape index (κ2) is 14.6. The molecule has 0 saturated heterocycles. The fraction of sp³-hybridized carbons (Fsp3) is 0.412. The summed E-state index contributed by atoms with van der Waals surface area (Å²) in [5.74, 6) is -0.282. The maximum absolute atomic E-state index is 12.8. The molecular weight excluding hydrogens is 482 g/mol. The van der Waals surface area contributed by atoms with Gasteiger partial charge >= 0.3 is 0 Å². The fourth-order valence-corrected chi connectivity index (χ4v) is 4.62. The Hall–Kier alpha value is -3.44. The molecule has 39 heavy (non-hydrogen) atoms. The van der Waals surface area contributed by atoms with E-state index in [1.165, 1.54) is 56.2 Å².